The lowest BCUT2D eigenvalue weighted by atomic mass is 10.2. The number of rotatable bonds is 6. The smallest absolute Gasteiger partial charge is 0.244 e. The molecule has 0 unspecified atom stereocenters. The van der Waals surface area contributed by atoms with Gasteiger partial charge in [0.05, 0.1) is 17.2 Å². The van der Waals surface area contributed by atoms with Gasteiger partial charge in [-0.2, -0.15) is 4.31 Å². The number of amides is 1. The van der Waals surface area contributed by atoms with Crippen LogP contribution in [0.5, 0.6) is 0 Å². The fourth-order valence-electron chi connectivity index (χ4n) is 3.22. The second kappa shape index (κ2) is 9.21. The molecule has 2 heterocycles. The fraction of sp³-hybridized carbons (Fsp3) is 0.381. The van der Waals surface area contributed by atoms with Gasteiger partial charge in [0.15, 0.2) is 0 Å². The van der Waals surface area contributed by atoms with Crippen molar-refractivity contribution in [3.63, 3.8) is 0 Å². The number of benzene rings is 1. The van der Waals surface area contributed by atoms with Gasteiger partial charge in [0.25, 0.3) is 0 Å². The zero-order valence-corrected chi connectivity index (χ0v) is 16.8. The van der Waals surface area contributed by atoms with Crippen LogP contribution in [-0.2, 0) is 14.8 Å². The molecule has 0 bridgehead atoms. The number of nitrogens with one attached hydrogen (secondary N) is 1. The lowest BCUT2D eigenvalue weighted by molar-refractivity contribution is -0.117. The minimum atomic E-state index is -3.45. The Morgan fingerprint density at radius 2 is 1.79 bits per heavy atom. The molecule has 1 saturated heterocycles. The summed E-state index contributed by atoms with van der Waals surface area (Å²) in [4.78, 5) is 12.3. The molecular weight excluding hydrogens is 376 g/mol. The van der Waals surface area contributed by atoms with Crippen LogP contribution in [0.4, 0.5) is 0 Å². The molecule has 1 aliphatic rings. The Labute approximate surface area is 166 Å². The van der Waals surface area contributed by atoms with Crippen molar-refractivity contribution in [2.75, 3.05) is 13.1 Å². The van der Waals surface area contributed by atoms with Crippen LogP contribution in [0.2, 0.25) is 0 Å². The monoisotopic (exact) mass is 402 g/mol. The van der Waals surface area contributed by atoms with Gasteiger partial charge in [-0.25, -0.2) is 8.42 Å². The third kappa shape index (κ3) is 5.11. The van der Waals surface area contributed by atoms with Crippen molar-refractivity contribution in [2.45, 2.75) is 43.5 Å². The van der Waals surface area contributed by atoms with Gasteiger partial charge in [-0.1, -0.05) is 25.0 Å². The van der Waals surface area contributed by atoms with E-state index in [-0.39, 0.29) is 11.9 Å². The van der Waals surface area contributed by atoms with E-state index in [0.29, 0.717) is 23.7 Å². The predicted molar refractivity (Wildman–Crippen MR) is 108 cm³/mol. The van der Waals surface area contributed by atoms with Crippen molar-refractivity contribution >= 4 is 22.0 Å². The summed E-state index contributed by atoms with van der Waals surface area (Å²) in [6, 6.07) is 9.97. The van der Waals surface area contributed by atoms with Gasteiger partial charge in [0.1, 0.15) is 5.76 Å². The Kier molecular flexibility index (Phi) is 6.70. The summed E-state index contributed by atoms with van der Waals surface area (Å²) >= 11 is 0. The van der Waals surface area contributed by atoms with E-state index in [0.717, 1.165) is 31.2 Å². The zero-order chi connectivity index (χ0) is 20.0. The van der Waals surface area contributed by atoms with Gasteiger partial charge in [-0.15, -0.1) is 0 Å². The maximum absolute atomic E-state index is 12.8. The molecule has 6 nitrogen and oxygen atoms in total. The van der Waals surface area contributed by atoms with Gasteiger partial charge in [0.2, 0.25) is 15.9 Å². The number of nitrogens with zero attached hydrogens (tertiary/aromatic N) is 1. The van der Waals surface area contributed by atoms with Crippen LogP contribution in [0.3, 0.4) is 0 Å². The Morgan fingerprint density at radius 1 is 1.11 bits per heavy atom. The number of carbonyl (C=O) groups is 1. The predicted octanol–water partition coefficient (Wildman–Crippen LogP) is 3.73. The van der Waals surface area contributed by atoms with Crippen LogP contribution in [0.1, 0.15) is 50.0 Å². The summed E-state index contributed by atoms with van der Waals surface area (Å²) in [6.07, 6.45) is 8.63. The van der Waals surface area contributed by atoms with E-state index in [9.17, 15) is 13.2 Å². The van der Waals surface area contributed by atoms with Crippen LogP contribution in [0, 0.1) is 0 Å². The molecule has 1 aromatic heterocycles. The largest absolute Gasteiger partial charge is 0.467 e. The van der Waals surface area contributed by atoms with Gasteiger partial charge in [0, 0.05) is 19.2 Å². The molecule has 1 aromatic carbocycles. The van der Waals surface area contributed by atoms with Gasteiger partial charge < -0.3 is 9.73 Å². The topological polar surface area (TPSA) is 79.6 Å². The van der Waals surface area contributed by atoms with E-state index in [2.05, 4.69) is 5.32 Å². The summed E-state index contributed by atoms with van der Waals surface area (Å²) in [5.74, 6) is 0.440. The molecule has 2 aromatic rings. The Morgan fingerprint density at radius 3 is 2.39 bits per heavy atom. The molecule has 7 heteroatoms. The van der Waals surface area contributed by atoms with Crippen molar-refractivity contribution in [3.05, 3.63) is 60.1 Å². The van der Waals surface area contributed by atoms with E-state index >= 15 is 0 Å². The standard InChI is InChI=1S/C21H26N2O4S/c1-17(20-7-6-16-27-20)22-21(24)13-10-18-8-11-19(12-9-18)28(25,26)23-14-4-2-3-5-15-23/h6-13,16-17H,2-5,14-15H2,1H3,(H,22,24)/b13-10+/t17-/m1/s1. The molecule has 1 aliphatic heterocycles. The molecule has 1 atom stereocenters. The summed E-state index contributed by atoms with van der Waals surface area (Å²) < 4.78 is 32.4. The SMILES string of the molecule is C[C@@H](NC(=O)/C=C/c1ccc(S(=O)(=O)N2CCCCCC2)cc1)c1ccco1. The quantitative estimate of drug-likeness (QED) is 0.747. The van der Waals surface area contributed by atoms with E-state index < -0.39 is 10.0 Å². The molecular formula is C21H26N2O4S. The molecule has 0 spiro atoms. The first-order valence-corrected chi connectivity index (χ1v) is 11.0. The van der Waals surface area contributed by atoms with Gasteiger partial charge >= 0.3 is 0 Å². The summed E-state index contributed by atoms with van der Waals surface area (Å²) in [5.41, 5.74) is 0.760. The molecule has 1 amide bonds. The maximum Gasteiger partial charge on any atom is 0.244 e. The highest BCUT2D eigenvalue weighted by Crippen LogP contribution is 2.21. The summed E-state index contributed by atoms with van der Waals surface area (Å²) in [6.45, 7) is 3.00. The third-order valence-electron chi connectivity index (χ3n) is 4.84. The number of furan rings is 1. The molecule has 28 heavy (non-hydrogen) atoms. The minimum absolute atomic E-state index is 0.228. The van der Waals surface area contributed by atoms with Crippen LogP contribution < -0.4 is 5.32 Å². The Hall–Kier alpha value is -2.38. The second-order valence-corrected chi connectivity index (χ2v) is 8.90. The van der Waals surface area contributed by atoms with Gasteiger partial charge in [-0.3, -0.25) is 4.79 Å². The maximum atomic E-state index is 12.8. The number of carbonyl (C=O) groups excluding carboxylic acids is 1. The number of hydrogen-bond donors (Lipinski definition) is 1. The van der Waals surface area contributed by atoms with Crippen molar-refractivity contribution in [3.8, 4) is 0 Å². The summed E-state index contributed by atoms with van der Waals surface area (Å²) in [7, 11) is -3.45. The first-order chi connectivity index (χ1) is 13.5. The molecule has 150 valence electrons. The van der Waals surface area contributed by atoms with E-state index in [1.165, 1.54) is 6.08 Å². The van der Waals surface area contributed by atoms with Crippen LogP contribution >= 0.6 is 0 Å². The number of hydrogen-bond acceptors (Lipinski definition) is 4. The average Bonchev–Trinajstić information content (AvgIpc) is 3.09. The zero-order valence-electron chi connectivity index (χ0n) is 16.0. The molecule has 0 aliphatic carbocycles. The van der Waals surface area contributed by atoms with E-state index in [1.54, 1.807) is 53.0 Å². The van der Waals surface area contributed by atoms with Crippen LogP contribution in [0.15, 0.2) is 58.1 Å². The Balaban J connectivity index is 1.62. The van der Waals surface area contributed by atoms with Crippen molar-refractivity contribution in [2.24, 2.45) is 0 Å². The van der Waals surface area contributed by atoms with Gasteiger partial charge in [-0.05, 0) is 55.7 Å². The highest BCUT2D eigenvalue weighted by molar-refractivity contribution is 7.89. The average molecular weight is 403 g/mol. The Bertz CT molecular complexity index is 894. The van der Waals surface area contributed by atoms with Crippen molar-refractivity contribution < 1.29 is 17.6 Å². The minimum Gasteiger partial charge on any atom is -0.467 e. The van der Waals surface area contributed by atoms with E-state index in [4.69, 9.17) is 4.42 Å². The molecule has 3 rings (SSSR count). The lowest BCUT2D eigenvalue weighted by Crippen LogP contribution is -2.31. The highest BCUT2D eigenvalue weighted by atomic mass is 32.2. The normalized spacial score (nSPS) is 17.3. The molecule has 0 radical (unpaired) electrons. The lowest BCUT2D eigenvalue weighted by Gasteiger charge is -2.19. The molecule has 1 fully saturated rings. The second-order valence-electron chi connectivity index (χ2n) is 6.97. The number of sulfonamides is 1. The molecule has 1 N–H and O–H groups in total. The first kappa shape index (κ1) is 20.4. The molecule has 0 saturated carbocycles. The van der Waals surface area contributed by atoms with Crippen molar-refractivity contribution in [1.29, 1.82) is 0 Å². The summed E-state index contributed by atoms with van der Waals surface area (Å²) in [5, 5.41) is 2.82. The van der Waals surface area contributed by atoms with Crippen LogP contribution in [-0.4, -0.2) is 31.7 Å². The van der Waals surface area contributed by atoms with Crippen molar-refractivity contribution in [1.82, 2.24) is 9.62 Å². The third-order valence-corrected chi connectivity index (χ3v) is 6.75. The van der Waals surface area contributed by atoms with E-state index in [1.807, 2.05) is 6.92 Å². The fourth-order valence-corrected chi connectivity index (χ4v) is 4.74. The highest BCUT2D eigenvalue weighted by Gasteiger charge is 2.24. The van der Waals surface area contributed by atoms with Crippen LogP contribution in [0.25, 0.3) is 6.08 Å². The first-order valence-electron chi connectivity index (χ1n) is 9.59.